The maximum atomic E-state index is 13.8. The molecular formula is C25H18FNO5. The van der Waals surface area contributed by atoms with Gasteiger partial charge in [-0.1, -0.05) is 24.3 Å². The summed E-state index contributed by atoms with van der Waals surface area (Å²) in [6, 6.07) is 16.4. The lowest BCUT2D eigenvalue weighted by Crippen LogP contribution is -2.29. The SMILES string of the molecule is COc1ccc(CN2C(=O)c3oc4ccc(F)cc4c(=O)c3[C@@H]2c2cccc(O)c2)cc1. The fourth-order valence-corrected chi connectivity index (χ4v) is 4.12. The first-order valence-electron chi connectivity index (χ1n) is 9.95. The number of halogens is 1. The van der Waals surface area contributed by atoms with Gasteiger partial charge in [-0.15, -0.1) is 0 Å². The van der Waals surface area contributed by atoms with Crippen molar-refractivity contribution in [3.05, 3.63) is 105 Å². The van der Waals surface area contributed by atoms with Crippen molar-refractivity contribution in [1.82, 2.24) is 4.90 Å². The van der Waals surface area contributed by atoms with Gasteiger partial charge in [0.05, 0.1) is 24.1 Å². The van der Waals surface area contributed by atoms with E-state index in [1.54, 1.807) is 31.4 Å². The molecule has 0 unspecified atom stereocenters. The van der Waals surface area contributed by atoms with E-state index < -0.39 is 23.2 Å². The summed E-state index contributed by atoms with van der Waals surface area (Å²) in [6.45, 7) is 0.192. The number of rotatable bonds is 4. The monoisotopic (exact) mass is 431 g/mol. The minimum absolute atomic E-state index is 0.00372. The van der Waals surface area contributed by atoms with E-state index in [0.717, 1.165) is 11.6 Å². The molecule has 1 aliphatic heterocycles. The van der Waals surface area contributed by atoms with Crippen LogP contribution in [-0.4, -0.2) is 23.0 Å². The van der Waals surface area contributed by atoms with Gasteiger partial charge in [0.25, 0.3) is 5.91 Å². The van der Waals surface area contributed by atoms with Crippen LogP contribution in [0.5, 0.6) is 11.5 Å². The predicted molar refractivity (Wildman–Crippen MR) is 115 cm³/mol. The Hall–Kier alpha value is -4.13. The third-order valence-electron chi connectivity index (χ3n) is 5.63. The van der Waals surface area contributed by atoms with Gasteiger partial charge in [0.1, 0.15) is 22.9 Å². The van der Waals surface area contributed by atoms with Gasteiger partial charge >= 0.3 is 0 Å². The van der Waals surface area contributed by atoms with Gasteiger partial charge in [0.2, 0.25) is 5.76 Å². The van der Waals surface area contributed by atoms with Crippen LogP contribution in [0.15, 0.2) is 75.9 Å². The topological polar surface area (TPSA) is 80.0 Å². The quantitative estimate of drug-likeness (QED) is 0.518. The summed E-state index contributed by atoms with van der Waals surface area (Å²) < 4.78 is 24.8. The van der Waals surface area contributed by atoms with E-state index in [1.807, 2.05) is 12.1 Å². The van der Waals surface area contributed by atoms with Crippen molar-refractivity contribution < 1.29 is 23.4 Å². The highest BCUT2D eigenvalue weighted by Crippen LogP contribution is 2.40. The first-order chi connectivity index (χ1) is 15.5. The first-order valence-corrected chi connectivity index (χ1v) is 9.95. The van der Waals surface area contributed by atoms with Gasteiger partial charge in [-0.3, -0.25) is 9.59 Å². The molecule has 3 aromatic carbocycles. The Labute approximate surface area is 182 Å². The third-order valence-corrected chi connectivity index (χ3v) is 5.63. The summed E-state index contributed by atoms with van der Waals surface area (Å²) >= 11 is 0. The van der Waals surface area contributed by atoms with E-state index in [4.69, 9.17) is 9.15 Å². The average Bonchev–Trinajstić information content (AvgIpc) is 3.07. The molecule has 32 heavy (non-hydrogen) atoms. The second-order valence-electron chi connectivity index (χ2n) is 7.59. The van der Waals surface area contributed by atoms with Crippen LogP contribution in [0.25, 0.3) is 11.0 Å². The number of fused-ring (bicyclic) bond motifs is 2. The molecule has 0 aliphatic carbocycles. The normalized spacial score (nSPS) is 15.2. The number of ether oxygens (including phenoxy) is 1. The zero-order chi connectivity index (χ0) is 22.4. The van der Waals surface area contributed by atoms with Crippen molar-refractivity contribution in [1.29, 1.82) is 0 Å². The lowest BCUT2D eigenvalue weighted by Gasteiger charge is -2.25. The Morgan fingerprint density at radius 1 is 1.06 bits per heavy atom. The van der Waals surface area contributed by atoms with Crippen LogP contribution in [0, 0.1) is 5.82 Å². The Kier molecular flexibility index (Phi) is 4.66. The number of phenolic OH excluding ortho intramolecular Hbond substituents is 1. The van der Waals surface area contributed by atoms with E-state index in [2.05, 4.69) is 0 Å². The molecule has 1 aliphatic rings. The largest absolute Gasteiger partial charge is 0.508 e. The number of amides is 1. The lowest BCUT2D eigenvalue weighted by atomic mass is 9.98. The van der Waals surface area contributed by atoms with Gasteiger partial charge in [-0.2, -0.15) is 0 Å². The number of hydrogen-bond donors (Lipinski definition) is 1. The number of benzene rings is 3. The van der Waals surface area contributed by atoms with Gasteiger partial charge in [0, 0.05) is 6.54 Å². The number of hydrogen-bond acceptors (Lipinski definition) is 5. The fraction of sp³-hybridized carbons (Fsp3) is 0.120. The molecule has 0 saturated heterocycles. The highest BCUT2D eigenvalue weighted by Gasteiger charge is 2.42. The molecule has 1 aromatic heterocycles. The molecule has 0 fully saturated rings. The molecule has 160 valence electrons. The number of nitrogens with zero attached hydrogens (tertiary/aromatic N) is 1. The molecule has 0 saturated carbocycles. The van der Waals surface area contributed by atoms with E-state index in [1.165, 1.54) is 29.2 Å². The summed E-state index contributed by atoms with van der Waals surface area (Å²) in [5, 5.41) is 10.1. The third kappa shape index (κ3) is 3.19. The molecule has 2 heterocycles. The van der Waals surface area contributed by atoms with Crippen molar-refractivity contribution in [2.45, 2.75) is 12.6 Å². The number of carbonyl (C=O) groups is 1. The maximum absolute atomic E-state index is 13.8. The molecule has 0 spiro atoms. The van der Waals surface area contributed by atoms with Gasteiger partial charge in [-0.25, -0.2) is 4.39 Å². The Morgan fingerprint density at radius 2 is 1.84 bits per heavy atom. The molecule has 5 rings (SSSR count). The van der Waals surface area contributed by atoms with E-state index in [9.17, 15) is 19.1 Å². The summed E-state index contributed by atoms with van der Waals surface area (Å²) in [5.41, 5.74) is 1.17. The predicted octanol–water partition coefficient (Wildman–Crippen LogP) is 4.39. The summed E-state index contributed by atoms with van der Waals surface area (Å²) in [7, 11) is 1.57. The second-order valence-corrected chi connectivity index (χ2v) is 7.59. The Morgan fingerprint density at radius 3 is 2.56 bits per heavy atom. The molecule has 0 radical (unpaired) electrons. The zero-order valence-corrected chi connectivity index (χ0v) is 17.0. The highest BCUT2D eigenvalue weighted by molar-refractivity contribution is 5.99. The first kappa shape index (κ1) is 19.8. The number of methoxy groups -OCH3 is 1. The average molecular weight is 431 g/mol. The van der Waals surface area contributed by atoms with E-state index in [0.29, 0.717) is 11.3 Å². The number of aromatic hydroxyl groups is 1. The van der Waals surface area contributed by atoms with Crippen LogP contribution >= 0.6 is 0 Å². The molecule has 6 nitrogen and oxygen atoms in total. The van der Waals surface area contributed by atoms with Crippen LogP contribution < -0.4 is 10.2 Å². The molecule has 4 aromatic rings. The van der Waals surface area contributed by atoms with E-state index in [-0.39, 0.29) is 34.6 Å². The van der Waals surface area contributed by atoms with Crippen LogP contribution in [0.1, 0.15) is 33.3 Å². The van der Waals surface area contributed by atoms with Crippen LogP contribution in [-0.2, 0) is 6.54 Å². The maximum Gasteiger partial charge on any atom is 0.291 e. The molecule has 1 atom stereocenters. The molecule has 1 amide bonds. The van der Waals surface area contributed by atoms with Crippen molar-refractivity contribution in [3.63, 3.8) is 0 Å². The summed E-state index contributed by atoms with van der Waals surface area (Å²) in [6.07, 6.45) is 0. The van der Waals surface area contributed by atoms with Crippen molar-refractivity contribution >= 4 is 16.9 Å². The van der Waals surface area contributed by atoms with Crippen molar-refractivity contribution in [3.8, 4) is 11.5 Å². The molecular weight excluding hydrogens is 413 g/mol. The summed E-state index contributed by atoms with van der Waals surface area (Å²) in [5.74, 6) is -0.412. The van der Waals surface area contributed by atoms with Gasteiger partial charge in [-0.05, 0) is 53.6 Å². The molecule has 0 bridgehead atoms. The van der Waals surface area contributed by atoms with E-state index >= 15 is 0 Å². The Balaban J connectivity index is 1.70. The lowest BCUT2D eigenvalue weighted by molar-refractivity contribution is 0.0714. The number of carbonyl (C=O) groups excluding carboxylic acids is 1. The summed E-state index contributed by atoms with van der Waals surface area (Å²) in [4.78, 5) is 28.3. The van der Waals surface area contributed by atoms with Crippen LogP contribution in [0.2, 0.25) is 0 Å². The van der Waals surface area contributed by atoms with Crippen LogP contribution in [0.4, 0.5) is 4.39 Å². The molecule has 7 heteroatoms. The zero-order valence-electron chi connectivity index (χ0n) is 17.0. The van der Waals surface area contributed by atoms with Gasteiger partial charge < -0.3 is 19.2 Å². The van der Waals surface area contributed by atoms with Crippen molar-refractivity contribution in [2.75, 3.05) is 7.11 Å². The van der Waals surface area contributed by atoms with Crippen LogP contribution in [0.3, 0.4) is 0 Å². The smallest absolute Gasteiger partial charge is 0.291 e. The highest BCUT2D eigenvalue weighted by atomic mass is 19.1. The fourth-order valence-electron chi connectivity index (χ4n) is 4.12. The minimum Gasteiger partial charge on any atom is -0.508 e. The number of phenols is 1. The van der Waals surface area contributed by atoms with Gasteiger partial charge in [0.15, 0.2) is 5.43 Å². The minimum atomic E-state index is -0.796. The second kappa shape index (κ2) is 7.53. The molecule has 1 N–H and O–H groups in total. The Bertz CT molecular complexity index is 1410. The standard InChI is InChI=1S/C25H18FNO5/c1-31-18-8-5-14(6-9-18)13-27-22(15-3-2-4-17(28)11-15)21-23(29)19-12-16(26)7-10-20(19)32-24(21)25(27)30/h2-12,22,28H,13H2,1H3/t22-/m0/s1. The van der Waals surface area contributed by atoms with Crippen molar-refractivity contribution in [2.24, 2.45) is 0 Å².